The number of piperidine rings is 1. The summed E-state index contributed by atoms with van der Waals surface area (Å²) in [6.07, 6.45) is 5.16. The summed E-state index contributed by atoms with van der Waals surface area (Å²) in [5.74, 6) is 0.855. The summed E-state index contributed by atoms with van der Waals surface area (Å²) < 4.78 is 27.3. The minimum atomic E-state index is -2.95. The number of sulfone groups is 1. The number of hydrogen-bond donors (Lipinski definition) is 2. The highest BCUT2D eigenvalue weighted by Crippen LogP contribution is 2.07. The van der Waals surface area contributed by atoms with Gasteiger partial charge in [0.05, 0.1) is 25.5 Å². The van der Waals surface area contributed by atoms with Crippen LogP contribution in [0, 0.1) is 0 Å². The lowest BCUT2D eigenvalue weighted by molar-refractivity contribution is 0.154. The van der Waals surface area contributed by atoms with Gasteiger partial charge >= 0.3 is 0 Å². The number of rotatable bonds is 10. The Labute approximate surface area is 163 Å². The van der Waals surface area contributed by atoms with Gasteiger partial charge in [-0.3, -0.25) is 4.99 Å². The van der Waals surface area contributed by atoms with E-state index in [4.69, 9.17) is 4.74 Å². The highest BCUT2D eigenvalue weighted by atomic mass is 127. The first kappa shape index (κ1) is 23.9. The minimum absolute atomic E-state index is 0. The molecule has 1 rings (SSSR count). The molecular formula is C15H33IN4O3S. The summed E-state index contributed by atoms with van der Waals surface area (Å²) >= 11 is 0. The molecular weight excluding hydrogens is 443 g/mol. The summed E-state index contributed by atoms with van der Waals surface area (Å²) in [7, 11) is -2.95. The third-order valence-electron chi connectivity index (χ3n) is 3.62. The lowest BCUT2D eigenvalue weighted by atomic mass is 10.1. The molecule has 7 nitrogen and oxygen atoms in total. The molecule has 2 N–H and O–H groups in total. The van der Waals surface area contributed by atoms with Gasteiger partial charge in [0, 0.05) is 25.9 Å². The number of nitrogens with zero attached hydrogens (tertiary/aromatic N) is 2. The van der Waals surface area contributed by atoms with Gasteiger partial charge in [-0.05, 0) is 32.9 Å². The van der Waals surface area contributed by atoms with Crippen molar-refractivity contribution in [2.75, 3.05) is 64.5 Å². The number of ether oxygens (including phenoxy) is 1. The second-order valence-corrected chi connectivity index (χ2v) is 8.09. The maximum atomic E-state index is 11.0. The number of nitrogens with one attached hydrogen (secondary N) is 2. The zero-order valence-electron chi connectivity index (χ0n) is 14.9. The minimum Gasteiger partial charge on any atom is -0.379 e. The highest BCUT2D eigenvalue weighted by Gasteiger charge is 2.08. The second kappa shape index (κ2) is 14.1. The Morgan fingerprint density at radius 1 is 1.17 bits per heavy atom. The van der Waals surface area contributed by atoms with Crippen molar-refractivity contribution >= 4 is 39.8 Å². The molecule has 0 atom stereocenters. The van der Waals surface area contributed by atoms with Crippen LogP contribution in [0.25, 0.3) is 0 Å². The van der Waals surface area contributed by atoms with Crippen molar-refractivity contribution < 1.29 is 13.2 Å². The maximum Gasteiger partial charge on any atom is 0.191 e. The van der Waals surface area contributed by atoms with Crippen molar-refractivity contribution in [3.63, 3.8) is 0 Å². The van der Waals surface area contributed by atoms with E-state index >= 15 is 0 Å². The Bertz CT molecular complexity index is 440. The standard InChI is InChI=1S/C15H32N4O3S.HI/c1-3-16-15(17-7-11-19-9-5-4-6-10-19)18-8-12-22-13-14-23(2,20)21;/h3-14H2,1-2H3,(H2,16,17,18);1H. The molecule has 0 aromatic carbocycles. The molecule has 1 aliphatic rings. The van der Waals surface area contributed by atoms with Gasteiger partial charge in [-0.2, -0.15) is 0 Å². The van der Waals surface area contributed by atoms with Crippen molar-refractivity contribution in [3.05, 3.63) is 0 Å². The van der Waals surface area contributed by atoms with E-state index in [-0.39, 0.29) is 36.3 Å². The van der Waals surface area contributed by atoms with Crippen LogP contribution < -0.4 is 10.6 Å². The zero-order chi connectivity index (χ0) is 17.0. The fraction of sp³-hybridized carbons (Fsp3) is 0.933. The molecule has 1 aliphatic heterocycles. The predicted molar refractivity (Wildman–Crippen MR) is 110 cm³/mol. The van der Waals surface area contributed by atoms with E-state index in [0.717, 1.165) is 25.6 Å². The SMILES string of the molecule is CCNC(=NCCN1CCCCC1)NCCOCCS(C)(=O)=O.I. The zero-order valence-corrected chi connectivity index (χ0v) is 18.1. The van der Waals surface area contributed by atoms with E-state index in [9.17, 15) is 8.42 Å². The summed E-state index contributed by atoms with van der Waals surface area (Å²) in [6.45, 7) is 8.32. The Kier molecular flexibility index (Phi) is 14.0. The van der Waals surface area contributed by atoms with Gasteiger partial charge in [0.15, 0.2) is 5.96 Å². The Morgan fingerprint density at radius 3 is 2.50 bits per heavy atom. The van der Waals surface area contributed by atoms with Crippen molar-refractivity contribution in [2.24, 2.45) is 4.99 Å². The molecule has 0 aromatic rings. The smallest absolute Gasteiger partial charge is 0.191 e. The first-order chi connectivity index (χ1) is 11.0. The van der Waals surface area contributed by atoms with Crippen molar-refractivity contribution in [2.45, 2.75) is 26.2 Å². The lowest BCUT2D eigenvalue weighted by Crippen LogP contribution is -2.40. The average Bonchev–Trinajstić information content (AvgIpc) is 2.50. The fourth-order valence-electron chi connectivity index (χ4n) is 2.38. The lowest BCUT2D eigenvalue weighted by Gasteiger charge is -2.25. The summed E-state index contributed by atoms with van der Waals surface area (Å²) in [5.41, 5.74) is 0. The van der Waals surface area contributed by atoms with Gasteiger partial charge in [-0.25, -0.2) is 8.42 Å². The summed E-state index contributed by atoms with van der Waals surface area (Å²) in [4.78, 5) is 7.03. The van der Waals surface area contributed by atoms with E-state index < -0.39 is 9.84 Å². The van der Waals surface area contributed by atoms with Crippen LogP contribution in [0.1, 0.15) is 26.2 Å². The molecule has 0 amide bonds. The molecule has 9 heteroatoms. The van der Waals surface area contributed by atoms with Gasteiger partial charge in [0.1, 0.15) is 9.84 Å². The molecule has 144 valence electrons. The molecule has 0 spiro atoms. The third-order valence-corrected chi connectivity index (χ3v) is 4.52. The normalized spacial score (nSPS) is 16.5. The molecule has 0 bridgehead atoms. The van der Waals surface area contributed by atoms with Crippen molar-refractivity contribution in [1.29, 1.82) is 0 Å². The Balaban J connectivity index is 0.00000529. The third kappa shape index (κ3) is 13.2. The number of halogens is 1. The molecule has 24 heavy (non-hydrogen) atoms. The van der Waals surface area contributed by atoms with Crippen LogP contribution in [0.4, 0.5) is 0 Å². The summed E-state index contributed by atoms with van der Waals surface area (Å²) in [5, 5.41) is 6.41. The quantitative estimate of drug-likeness (QED) is 0.209. The van der Waals surface area contributed by atoms with E-state index in [1.54, 1.807) is 0 Å². The van der Waals surface area contributed by atoms with E-state index in [1.807, 2.05) is 6.92 Å². The Hall–Kier alpha value is -0.130. The van der Waals surface area contributed by atoms with Crippen molar-refractivity contribution in [1.82, 2.24) is 15.5 Å². The van der Waals surface area contributed by atoms with Crippen LogP contribution in [-0.4, -0.2) is 83.8 Å². The fourth-order valence-corrected chi connectivity index (χ4v) is 2.80. The van der Waals surface area contributed by atoms with Gasteiger partial charge in [0.25, 0.3) is 0 Å². The first-order valence-corrected chi connectivity index (χ1v) is 10.6. The number of hydrogen-bond acceptors (Lipinski definition) is 5. The second-order valence-electron chi connectivity index (χ2n) is 5.83. The van der Waals surface area contributed by atoms with E-state index in [1.165, 1.54) is 38.6 Å². The van der Waals surface area contributed by atoms with Crippen molar-refractivity contribution in [3.8, 4) is 0 Å². The first-order valence-electron chi connectivity index (χ1n) is 8.51. The van der Waals surface area contributed by atoms with Gasteiger partial charge in [-0.15, -0.1) is 24.0 Å². The number of guanidine groups is 1. The van der Waals surface area contributed by atoms with Crippen LogP contribution in [0.2, 0.25) is 0 Å². The van der Waals surface area contributed by atoms with Crippen LogP contribution >= 0.6 is 24.0 Å². The summed E-state index contributed by atoms with van der Waals surface area (Å²) in [6, 6.07) is 0. The van der Waals surface area contributed by atoms with Crippen LogP contribution in [0.15, 0.2) is 4.99 Å². The monoisotopic (exact) mass is 476 g/mol. The molecule has 0 radical (unpaired) electrons. The maximum absolute atomic E-state index is 11.0. The molecule has 1 fully saturated rings. The van der Waals surface area contributed by atoms with Gasteiger partial charge in [0.2, 0.25) is 0 Å². The van der Waals surface area contributed by atoms with Gasteiger partial charge < -0.3 is 20.3 Å². The number of aliphatic imine (C=N–C) groups is 1. The molecule has 0 saturated carbocycles. The molecule has 0 unspecified atom stereocenters. The average molecular weight is 476 g/mol. The molecule has 0 aromatic heterocycles. The molecule has 1 saturated heterocycles. The number of likely N-dealkylation sites (tertiary alicyclic amines) is 1. The predicted octanol–water partition coefficient (Wildman–Crippen LogP) is 0.707. The topological polar surface area (TPSA) is 83.0 Å². The molecule has 0 aliphatic carbocycles. The largest absolute Gasteiger partial charge is 0.379 e. The van der Waals surface area contributed by atoms with E-state index in [0.29, 0.717) is 13.2 Å². The Morgan fingerprint density at radius 2 is 1.88 bits per heavy atom. The highest BCUT2D eigenvalue weighted by molar-refractivity contribution is 14.0. The van der Waals surface area contributed by atoms with E-state index in [2.05, 4.69) is 20.5 Å². The van der Waals surface area contributed by atoms with Gasteiger partial charge in [-0.1, -0.05) is 6.42 Å². The van der Waals surface area contributed by atoms with Crippen LogP contribution in [0.3, 0.4) is 0 Å². The molecule has 1 heterocycles. The van der Waals surface area contributed by atoms with Crippen LogP contribution in [-0.2, 0) is 14.6 Å². The van der Waals surface area contributed by atoms with Crippen LogP contribution in [0.5, 0.6) is 0 Å².